The topological polar surface area (TPSA) is 80.6 Å². The van der Waals surface area contributed by atoms with Gasteiger partial charge in [0.1, 0.15) is 11.6 Å². The quantitative estimate of drug-likeness (QED) is 0.302. The lowest BCUT2D eigenvalue weighted by molar-refractivity contribution is -0.131. The van der Waals surface area contributed by atoms with Gasteiger partial charge in [-0.2, -0.15) is 0 Å². The van der Waals surface area contributed by atoms with E-state index in [-0.39, 0.29) is 11.7 Å². The summed E-state index contributed by atoms with van der Waals surface area (Å²) in [6.07, 6.45) is 7.15. The van der Waals surface area contributed by atoms with Crippen molar-refractivity contribution in [2.45, 2.75) is 26.3 Å². The van der Waals surface area contributed by atoms with Crippen molar-refractivity contribution in [2.75, 3.05) is 34.3 Å². The minimum atomic E-state index is -0.227. The molecule has 5 rings (SSSR count). The molecule has 0 unspecified atom stereocenters. The number of benzene rings is 2. The normalized spacial score (nSPS) is 12.9. The van der Waals surface area contributed by atoms with Crippen LogP contribution in [-0.2, 0) is 16.1 Å². The van der Waals surface area contributed by atoms with Gasteiger partial charge in [-0.15, -0.1) is 16.4 Å². The monoisotopic (exact) mass is 549 g/mol. The van der Waals surface area contributed by atoms with Crippen LogP contribution in [0.4, 0.5) is 4.39 Å². The second-order valence-corrected chi connectivity index (χ2v) is 10.7. The van der Waals surface area contributed by atoms with Gasteiger partial charge < -0.3 is 14.5 Å². The van der Waals surface area contributed by atoms with Crippen molar-refractivity contribution in [1.82, 2.24) is 24.8 Å². The number of amides is 2. The second-order valence-electron chi connectivity index (χ2n) is 9.40. The maximum atomic E-state index is 15.8. The molecule has 0 aliphatic carbocycles. The molecule has 0 spiro atoms. The lowest BCUT2D eigenvalue weighted by Gasteiger charge is -2.28. The summed E-state index contributed by atoms with van der Waals surface area (Å²) in [6, 6.07) is 11.7. The Kier molecular flexibility index (Phi) is 9.08. The SMILES string of the molecule is CN(C)C=O.COc1ccccc1-c1cc(C2=CCCN(C(=O)CCn3ccnn3)C2)c(F)c2sc(C)cc12. The molecule has 0 bridgehead atoms. The van der Waals surface area contributed by atoms with E-state index in [9.17, 15) is 9.59 Å². The van der Waals surface area contributed by atoms with Gasteiger partial charge in [0.05, 0.1) is 24.6 Å². The minimum absolute atomic E-state index is 0.0273. The zero-order valence-electron chi connectivity index (χ0n) is 22.6. The summed E-state index contributed by atoms with van der Waals surface area (Å²) >= 11 is 1.45. The molecule has 2 amide bonds. The molecule has 0 saturated carbocycles. The average molecular weight is 550 g/mol. The molecule has 2 aromatic carbocycles. The Bertz CT molecular complexity index is 1480. The predicted octanol–water partition coefficient (Wildman–Crippen LogP) is 5.03. The molecule has 4 aromatic rings. The van der Waals surface area contributed by atoms with Crippen LogP contribution in [0.3, 0.4) is 0 Å². The molecule has 0 saturated heterocycles. The van der Waals surface area contributed by atoms with Gasteiger partial charge in [0.25, 0.3) is 0 Å². The van der Waals surface area contributed by atoms with E-state index in [1.807, 2.05) is 43.3 Å². The standard InChI is InChI=1S/C26H25FN4O2S.C3H7NO/c1-17-14-22-21(19-7-3-4-8-23(19)33-2)15-20(25(27)26(22)34-17)18-6-5-11-30(16-18)24(32)9-12-31-13-10-28-29-31;1-4(2)3-5/h3-4,6-8,10,13-15H,5,9,11-12,16H2,1-2H3;3H,1-2H3. The van der Waals surface area contributed by atoms with Crippen LogP contribution in [0.15, 0.2) is 54.9 Å². The Hall–Kier alpha value is -4.05. The molecule has 1 aliphatic heterocycles. The summed E-state index contributed by atoms with van der Waals surface area (Å²) in [5, 5.41) is 8.57. The molecule has 0 fully saturated rings. The van der Waals surface area contributed by atoms with Crippen LogP contribution in [0.2, 0.25) is 0 Å². The zero-order chi connectivity index (χ0) is 27.9. The fraction of sp³-hybridized carbons (Fsp3) is 0.310. The van der Waals surface area contributed by atoms with Gasteiger partial charge in [0.2, 0.25) is 12.3 Å². The van der Waals surface area contributed by atoms with Crippen molar-refractivity contribution in [1.29, 1.82) is 0 Å². The zero-order valence-corrected chi connectivity index (χ0v) is 23.4. The smallest absolute Gasteiger partial charge is 0.224 e. The van der Waals surface area contributed by atoms with Gasteiger partial charge in [-0.05, 0) is 42.7 Å². The van der Waals surface area contributed by atoms with Crippen LogP contribution in [0, 0.1) is 12.7 Å². The molecule has 39 heavy (non-hydrogen) atoms. The maximum absolute atomic E-state index is 15.8. The van der Waals surface area contributed by atoms with E-state index in [2.05, 4.69) is 16.4 Å². The maximum Gasteiger partial charge on any atom is 0.224 e. The van der Waals surface area contributed by atoms with Gasteiger partial charge in [0.15, 0.2) is 0 Å². The average Bonchev–Trinajstić information content (AvgIpc) is 3.62. The molecular formula is C29H32FN5O3S. The molecule has 1 aliphatic rings. The Labute approximate surface area is 231 Å². The number of fused-ring (bicyclic) bond motifs is 1. The van der Waals surface area contributed by atoms with Crippen LogP contribution in [0.25, 0.3) is 26.8 Å². The predicted molar refractivity (Wildman–Crippen MR) is 152 cm³/mol. The van der Waals surface area contributed by atoms with Crippen LogP contribution >= 0.6 is 11.3 Å². The van der Waals surface area contributed by atoms with Crippen LogP contribution in [0.5, 0.6) is 5.75 Å². The van der Waals surface area contributed by atoms with E-state index in [0.29, 0.717) is 42.7 Å². The Morgan fingerprint density at radius 2 is 1.97 bits per heavy atom. The highest BCUT2D eigenvalue weighted by molar-refractivity contribution is 7.19. The van der Waals surface area contributed by atoms with Crippen LogP contribution in [0.1, 0.15) is 23.3 Å². The molecule has 0 N–H and O–H groups in total. The molecular weight excluding hydrogens is 517 g/mol. The molecule has 0 atom stereocenters. The molecule has 2 aromatic heterocycles. The number of aromatic nitrogens is 3. The summed E-state index contributed by atoms with van der Waals surface area (Å²) in [5.41, 5.74) is 3.24. The van der Waals surface area contributed by atoms with Crippen molar-refractivity contribution in [2.24, 2.45) is 0 Å². The Balaban J connectivity index is 0.000000648. The van der Waals surface area contributed by atoms with E-state index in [1.165, 1.54) is 16.2 Å². The van der Waals surface area contributed by atoms with Crippen molar-refractivity contribution in [3.8, 4) is 16.9 Å². The third kappa shape index (κ3) is 6.51. The first-order valence-corrected chi connectivity index (χ1v) is 13.4. The molecule has 204 valence electrons. The minimum Gasteiger partial charge on any atom is -0.496 e. The number of hydrogen-bond donors (Lipinski definition) is 0. The number of thiophene rings is 1. The van der Waals surface area contributed by atoms with Crippen LogP contribution < -0.4 is 4.74 Å². The number of para-hydroxylation sites is 1. The van der Waals surface area contributed by atoms with E-state index in [0.717, 1.165) is 39.1 Å². The summed E-state index contributed by atoms with van der Waals surface area (Å²) < 4.78 is 23.7. The molecule has 0 radical (unpaired) electrons. The number of hydrogen-bond acceptors (Lipinski definition) is 6. The Morgan fingerprint density at radius 1 is 1.21 bits per heavy atom. The number of carbonyl (C=O) groups excluding carboxylic acids is 2. The summed E-state index contributed by atoms with van der Waals surface area (Å²) in [4.78, 5) is 26.6. The van der Waals surface area contributed by atoms with Gasteiger partial charge >= 0.3 is 0 Å². The van der Waals surface area contributed by atoms with Crippen molar-refractivity contribution >= 4 is 39.3 Å². The highest BCUT2D eigenvalue weighted by Gasteiger charge is 2.24. The largest absolute Gasteiger partial charge is 0.496 e. The van der Waals surface area contributed by atoms with Crippen molar-refractivity contribution in [3.63, 3.8) is 0 Å². The highest BCUT2D eigenvalue weighted by atomic mass is 32.1. The Morgan fingerprint density at radius 3 is 2.67 bits per heavy atom. The number of methoxy groups -OCH3 is 1. The summed E-state index contributed by atoms with van der Waals surface area (Å²) in [7, 11) is 5.02. The third-order valence-electron chi connectivity index (χ3n) is 6.35. The number of ether oxygens (including phenoxy) is 1. The lowest BCUT2D eigenvalue weighted by atomic mass is 9.93. The first-order valence-electron chi connectivity index (χ1n) is 12.6. The number of carbonyl (C=O) groups is 2. The van der Waals surface area contributed by atoms with E-state index >= 15 is 4.39 Å². The molecule has 8 nitrogen and oxygen atoms in total. The van der Waals surface area contributed by atoms with Crippen molar-refractivity contribution < 1.29 is 18.7 Å². The number of halogens is 1. The van der Waals surface area contributed by atoms with Gasteiger partial charge in [-0.3, -0.25) is 14.3 Å². The fourth-order valence-electron chi connectivity index (χ4n) is 4.48. The molecule has 3 heterocycles. The fourth-order valence-corrected chi connectivity index (χ4v) is 5.46. The van der Waals surface area contributed by atoms with Gasteiger partial charge in [-0.1, -0.05) is 29.5 Å². The van der Waals surface area contributed by atoms with Gasteiger partial charge in [0, 0.05) is 61.2 Å². The lowest BCUT2D eigenvalue weighted by Crippen LogP contribution is -2.36. The first-order chi connectivity index (χ1) is 18.8. The second kappa shape index (κ2) is 12.7. The highest BCUT2D eigenvalue weighted by Crippen LogP contribution is 2.42. The number of nitrogens with zero attached hydrogens (tertiary/aromatic N) is 5. The van der Waals surface area contributed by atoms with E-state index < -0.39 is 0 Å². The summed E-state index contributed by atoms with van der Waals surface area (Å²) in [5.74, 6) is 0.544. The van der Waals surface area contributed by atoms with Crippen molar-refractivity contribution in [3.05, 3.63) is 71.1 Å². The third-order valence-corrected chi connectivity index (χ3v) is 7.40. The summed E-state index contributed by atoms with van der Waals surface area (Å²) in [6.45, 7) is 3.47. The van der Waals surface area contributed by atoms with E-state index in [4.69, 9.17) is 4.74 Å². The van der Waals surface area contributed by atoms with E-state index in [1.54, 1.807) is 43.2 Å². The molecule has 10 heteroatoms. The number of rotatable bonds is 7. The van der Waals surface area contributed by atoms with Crippen LogP contribution in [-0.4, -0.2) is 71.4 Å². The first kappa shape index (κ1) is 28.0. The van der Waals surface area contributed by atoms with Gasteiger partial charge in [-0.25, -0.2) is 4.39 Å². The number of aryl methyl sites for hydroxylation is 2.